The maximum absolute atomic E-state index is 10.1. The van der Waals surface area contributed by atoms with Crippen LogP contribution in [0.3, 0.4) is 0 Å². The number of aliphatic hydroxyl groups excluding tert-OH is 1. The van der Waals surface area contributed by atoms with E-state index in [2.05, 4.69) is 0 Å². The minimum Gasteiger partial charge on any atom is -0.495 e. The van der Waals surface area contributed by atoms with Gasteiger partial charge in [0, 0.05) is 5.92 Å². The lowest BCUT2D eigenvalue weighted by molar-refractivity contribution is 0.110. The minimum atomic E-state index is -0.571. The van der Waals surface area contributed by atoms with E-state index in [0.717, 1.165) is 12.0 Å². The summed E-state index contributed by atoms with van der Waals surface area (Å²) in [5, 5.41) is 10.6. The molecule has 3 N–H and O–H groups in total. The van der Waals surface area contributed by atoms with Crippen LogP contribution in [0.25, 0.3) is 0 Å². The van der Waals surface area contributed by atoms with Gasteiger partial charge in [0.05, 0.1) is 18.2 Å². The molecule has 1 rings (SSSR count). The van der Waals surface area contributed by atoms with Gasteiger partial charge in [-0.25, -0.2) is 0 Å². The van der Waals surface area contributed by atoms with Gasteiger partial charge in [-0.1, -0.05) is 24.6 Å². The first-order valence-corrected chi connectivity index (χ1v) is 5.73. The summed E-state index contributed by atoms with van der Waals surface area (Å²) in [6.45, 7) is 2.47. The van der Waals surface area contributed by atoms with E-state index in [1.807, 2.05) is 13.0 Å². The second-order valence-corrected chi connectivity index (χ2v) is 4.15. The second kappa shape index (κ2) is 6.09. The zero-order valence-corrected chi connectivity index (χ0v) is 10.4. The normalized spacial score (nSPS) is 14.6. The zero-order chi connectivity index (χ0) is 12.1. The average molecular weight is 244 g/mol. The molecule has 2 atom stereocenters. The Bertz CT molecular complexity index is 340. The molecule has 2 unspecified atom stereocenters. The molecule has 0 heterocycles. The van der Waals surface area contributed by atoms with Crippen LogP contribution in [0.5, 0.6) is 5.75 Å². The molecule has 0 saturated carbocycles. The minimum absolute atomic E-state index is 0.0597. The van der Waals surface area contributed by atoms with Crippen molar-refractivity contribution in [3.8, 4) is 5.75 Å². The predicted molar refractivity (Wildman–Crippen MR) is 65.8 cm³/mol. The summed E-state index contributed by atoms with van der Waals surface area (Å²) in [6.07, 6.45) is 0.264. The summed E-state index contributed by atoms with van der Waals surface area (Å²) in [5.41, 5.74) is 6.38. The molecule has 0 aliphatic carbocycles. The topological polar surface area (TPSA) is 55.5 Å². The lowest BCUT2D eigenvalue weighted by atomic mass is 9.93. The number of ether oxygens (including phenoxy) is 1. The first-order chi connectivity index (χ1) is 7.63. The third kappa shape index (κ3) is 2.88. The largest absolute Gasteiger partial charge is 0.495 e. The molecule has 0 radical (unpaired) electrons. The van der Waals surface area contributed by atoms with Gasteiger partial charge in [-0.2, -0.15) is 0 Å². The van der Waals surface area contributed by atoms with Crippen molar-refractivity contribution in [2.45, 2.75) is 19.4 Å². The molecule has 1 aromatic rings. The first-order valence-electron chi connectivity index (χ1n) is 5.35. The van der Waals surface area contributed by atoms with E-state index in [0.29, 0.717) is 17.3 Å². The van der Waals surface area contributed by atoms with Crippen LogP contribution in [0.15, 0.2) is 18.2 Å². The molecule has 0 fully saturated rings. The molecule has 0 aliphatic heterocycles. The number of hydrogen-bond acceptors (Lipinski definition) is 3. The standard InChI is InChI=1S/C12H18ClNO2/c1-3-8(7-14)12(15)9-4-5-11(16-2)10(13)6-9/h4-6,8,12,15H,3,7,14H2,1-2H3. The summed E-state index contributed by atoms with van der Waals surface area (Å²) >= 11 is 6.00. The highest BCUT2D eigenvalue weighted by Crippen LogP contribution is 2.30. The van der Waals surface area contributed by atoms with Gasteiger partial charge in [0.25, 0.3) is 0 Å². The molecule has 0 aromatic heterocycles. The quantitative estimate of drug-likeness (QED) is 0.835. The molecule has 3 nitrogen and oxygen atoms in total. The number of benzene rings is 1. The first kappa shape index (κ1) is 13.3. The smallest absolute Gasteiger partial charge is 0.137 e. The van der Waals surface area contributed by atoms with Crippen molar-refractivity contribution in [1.82, 2.24) is 0 Å². The van der Waals surface area contributed by atoms with E-state index in [9.17, 15) is 5.11 Å². The Morgan fingerprint density at radius 1 is 1.50 bits per heavy atom. The van der Waals surface area contributed by atoms with E-state index < -0.39 is 6.10 Å². The molecule has 0 spiro atoms. The van der Waals surface area contributed by atoms with Crippen LogP contribution < -0.4 is 10.5 Å². The summed E-state index contributed by atoms with van der Waals surface area (Å²) < 4.78 is 5.05. The SMILES string of the molecule is CCC(CN)C(O)c1ccc(OC)c(Cl)c1. The van der Waals surface area contributed by atoms with Crippen molar-refractivity contribution in [2.75, 3.05) is 13.7 Å². The monoisotopic (exact) mass is 243 g/mol. The Hall–Kier alpha value is -0.770. The fraction of sp³-hybridized carbons (Fsp3) is 0.500. The van der Waals surface area contributed by atoms with Gasteiger partial charge in [0.15, 0.2) is 0 Å². The molecule has 90 valence electrons. The molecule has 4 heteroatoms. The zero-order valence-electron chi connectivity index (χ0n) is 9.61. The highest BCUT2D eigenvalue weighted by atomic mass is 35.5. The lowest BCUT2D eigenvalue weighted by Crippen LogP contribution is -2.21. The number of nitrogens with two attached hydrogens (primary N) is 1. The van der Waals surface area contributed by atoms with E-state index in [-0.39, 0.29) is 5.92 Å². The predicted octanol–water partition coefficient (Wildman–Crippen LogP) is 2.37. The van der Waals surface area contributed by atoms with Gasteiger partial charge < -0.3 is 15.6 Å². The second-order valence-electron chi connectivity index (χ2n) is 3.74. The van der Waals surface area contributed by atoms with Gasteiger partial charge in [0.2, 0.25) is 0 Å². The van der Waals surface area contributed by atoms with Crippen LogP contribution in [-0.2, 0) is 0 Å². The van der Waals surface area contributed by atoms with Crippen molar-refractivity contribution in [1.29, 1.82) is 0 Å². The van der Waals surface area contributed by atoms with Crippen molar-refractivity contribution in [3.63, 3.8) is 0 Å². The Balaban J connectivity index is 2.91. The van der Waals surface area contributed by atoms with Gasteiger partial charge in [-0.05, 0) is 30.7 Å². The van der Waals surface area contributed by atoms with Crippen molar-refractivity contribution >= 4 is 11.6 Å². The fourth-order valence-corrected chi connectivity index (χ4v) is 1.92. The van der Waals surface area contributed by atoms with Crippen molar-refractivity contribution in [2.24, 2.45) is 11.7 Å². The average Bonchev–Trinajstić information content (AvgIpc) is 2.30. The van der Waals surface area contributed by atoms with E-state index >= 15 is 0 Å². The van der Waals surface area contributed by atoms with E-state index in [4.69, 9.17) is 22.1 Å². The number of methoxy groups -OCH3 is 1. The number of halogens is 1. The highest BCUT2D eigenvalue weighted by Gasteiger charge is 2.18. The number of rotatable bonds is 5. The van der Waals surface area contributed by atoms with Gasteiger partial charge in [0.1, 0.15) is 5.75 Å². The van der Waals surface area contributed by atoms with Crippen LogP contribution in [-0.4, -0.2) is 18.8 Å². The van der Waals surface area contributed by atoms with Gasteiger partial charge in [-0.3, -0.25) is 0 Å². The summed E-state index contributed by atoms with van der Waals surface area (Å²) in [5.74, 6) is 0.669. The summed E-state index contributed by atoms with van der Waals surface area (Å²) in [4.78, 5) is 0. The van der Waals surface area contributed by atoms with Crippen LogP contribution in [0, 0.1) is 5.92 Å². The molecule has 0 amide bonds. The van der Waals surface area contributed by atoms with Crippen LogP contribution >= 0.6 is 11.6 Å². The third-order valence-electron chi connectivity index (χ3n) is 2.79. The summed E-state index contributed by atoms with van der Waals surface area (Å²) in [7, 11) is 1.56. The Kier molecular flexibility index (Phi) is 5.06. The highest BCUT2D eigenvalue weighted by molar-refractivity contribution is 6.32. The Morgan fingerprint density at radius 2 is 2.19 bits per heavy atom. The molecule has 0 aliphatic rings. The van der Waals surface area contributed by atoms with Crippen molar-refractivity contribution < 1.29 is 9.84 Å². The molecule has 16 heavy (non-hydrogen) atoms. The third-order valence-corrected chi connectivity index (χ3v) is 3.09. The van der Waals surface area contributed by atoms with Crippen molar-refractivity contribution in [3.05, 3.63) is 28.8 Å². The van der Waals surface area contributed by atoms with E-state index in [1.54, 1.807) is 19.2 Å². The van der Waals surface area contributed by atoms with Crippen LogP contribution in [0.1, 0.15) is 25.0 Å². The maximum Gasteiger partial charge on any atom is 0.137 e. The Labute approximate surface area is 101 Å². The molecule has 1 aromatic carbocycles. The lowest BCUT2D eigenvalue weighted by Gasteiger charge is -2.20. The number of aliphatic hydroxyl groups is 1. The maximum atomic E-state index is 10.1. The summed E-state index contributed by atoms with van der Waals surface area (Å²) in [6, 6.07) is 5.29. The van der Waals surface area contributed by atoms with E-state index in [1.165, 1.54) is 0 Å². The molecular weight excluding hydrogens is 226 g/mol. The molecular formula is C12H18ClNO2. The van der Waals surface area contributed by atoms with Gasteiger partial charge in [-0.15, -0.1) is 0 Å². The molecule has 0 bridgehead atoms. The molecule has 0 saturated heterocycles. The number of hydrogen-bond donors (Lipinski definition) is 2. The van der Waals surface area contributed by atoms with Gasteiger partial charge >= 0.3 is 0 Å². The van der Waals surface area contributed by atoms with Crippen LogP contribution in [0.2, 0.25) is 5.02 Å². The fourth-order valence-electron chi connectivity index (χ4n) is 1.66. The van der Waals surface area contributed by atoms with Crippen LogP contribution in [0.4, 0.5) is 0 Å². The Morgan fingerprint density at radius 3 is 2.62 bits per heavy atom.